The number of aliphatic hydroxyl groups excluding tert-OH is 1. The van der Waals surface area contributed by atoms with Gasteiger partial charge in [-0.05, 0) is 18.6 Å². The summed E-state index contributed by atoms with van der Waals surface area (Å²) in [5, 5.41) is 10.6. The third kappa shape index (κ3) is 3.49. The SMILES string of the molecule is CCC(O)c1ccccc1OCc1ccccc1Cl. The molecule has 100 valence electrons. The van der Waals surface area contributed by atoms with Crippen LogP contribution >= 0.6 is 11.6 Å². The van der Waals surface area contributed by atoms with Gasteiger partial charge < -0.3 is 9.84 Å². The van der Waals surface area contributed by atoms with Gasteiger partial charge in [0.2, 0.25) is 0 Å². The Bertz CT molecular complexity index is 540. The number of aliphatic hydroxyl groups is 1. The topological polar surface area (TPSA) is 29.5 Å². The highest BCUT2D eigenvalue weighted by atomic mass is 35.5. The fourth-order valence-corrected chi connectivity index (χ4v) is 2.07. The molecule has 0 aliphatic rings. The molecule has 3 heteroatoms. The van der Waals surface area contributed by atoms with E-state index in [1.165, 1.54) is 0 Å². The summed E-state index contributed by atoms with van der Waals surface area (Å²) in [5.41, 5.74) is 1.75. The van der Waals surface area contributed by atoms with Gasteiger partial charge in [-0.15, -0.1) is 0 Å². The molecule has 1 N–H and O–H groups in total. The first-order valence-electron chi connectivity index (χ1n) is 6.35. The zero-order chi connectivity index (χ0) is 13.7. The van der Waals surface area contributed by atoms with E-state index in [0.29, 0.717) is 23.8 Å². The normalized spacial score (nSPS) is 12.2. The molecule has 0 fully saturated rings. The molecule has 1 unspecified atom stereocenters. The quantitative estimate of drug-likeness (QED) is 0.879. The van der Waals surface area contributed by atoms with Crippen molar-refractivity contribution in [2.24, 2.45) is 0 Å². The summed E-state index contributed by atoms with van der Waals surface area (Å²) in [4.78, 5) is 0. The Labute approximate surface area is 118 Å². The molecule has 0 aliphatic heterocycles. The van der Waals surface area contributed by atoms with Gasteiger partial charge in [0.25, 0.3) is 0 Å². The molecule has 0 radical (unpaired) electrons. The Kier molecular flexibility index (Phi) is 4.83. The Morgan fingerprint density at radius 2 is 1.79 bits per heavy atom. The van der Waals surface area contributed by atoms with Crippen molar-refractivity contribution in [1.82, 2.24) is 0 Å². The minimum Gasteiger partial charge on any atom is -0.488 e. The number of rotatable bonds is 5. The van der Waals surface area contributed by atoms with Crippen molar-refractivity contribution in [3.63, 3.8) is 0 Å². The molecule has 0 heterocycles. The summed E-state index contributed by atoms with van der Waals surface area (Å²) in [5.74, 6) is 0.705. The van der Waals surface area contributed by atoms with E-state index in [1.807, 2.05) is 55.5 Å². The maximum atomic E-state index is 9.96. The van der Waals surface area contributed by atoms with E-state index in [0.717, 1.165) is 11.1 Å². The molecule has 0 aromatic heterocycles. The average Bonchev–Trinajstić information content (AvgIpc) is 2.46. The summed E-state index contributed by atoms with van der Waals surface area (Å²) < 4.78 is 5.78. The van der Waals surface area contributed by atoms with Crippen LogP contribution in [0, 0.1) is 0 Å². The highest BCUT2D eigenvalue weighted by Gasteiger charge is 2.11. The fraction of sp³-hybridized carbons (Fsp3) is 0.250. The fourth-order valence-electron chi connectivity index (χ4n) is 1.88. The number of hydrogen-bond acceptors (Lipinski definition) is 2. The van der Waals surface area contributed by atoms with E-state index in [1.54, 1.807) is 0 Å². The van der Waals surface area contributed by atoms with Crippen molar-refractivity contribution >= 4 is 11.6 Å². The van der Waals surface area contributed by atoms with Crippen LogP contribution in [-0.2, 0) is 6.61 Å². The lowest BCUT2D eigenvalue weighted by Crippen LogP contribution is -2.02. The molecule has 0 spiro atoms. The second kappa shape index (κ2) is 6.60. The lowest BCUT2D eigenvalue weighted by Gasteiger charge is -2.15. The molecule has 19 heavy (non-hydrogen) atoms. The Balaban J connectivity index is 2.14. The predicted molar refractivity (Wildman–Crippen MR) is 77.5 cm³/mol. The summed E-state index contributed by atoms with van der Waals surface area (Å²) in [6.07, 6.45) is 0.161. The molecule has 0 amide bonds. The maximum absolute atomic E-state index is 9.96. The Hall–Kier alpha value is -1.51. The maximum Gasteiger partial charge on any atom is 0.125 e. The van der Waals surface area contributed by atoms with Crippen LogP contribution in [-0.4, -0.2) is 5.11 Å². The summed E-state index contributed by atoms with van der Waals surface area (Å²) in [7, 11) is 0. The molecule has 0 aliphatic carbocycles. The molecule has 2 aromatic carbocycles. The first kappa shape index (κ1) is 13.9. The van der Waals surface area contributed by atoms with Crippen molar-refractivity contribution in [1.29, 1.82) is 0 Å². The van der Waals surface area contributed by atoms with Crippen molar-refractivity contribution in [2.45, 2.75) is 26.1 Å². The van der Waals surface area contributed by atoms with Gasteiger partial charge in [0.1, 0.15) is 12.4 Å². The number of halogens is 1. The number of hydrogen-bond donors (Lipinski definition) is 1. The lowest BCUT2D eigenvalue weighted by atomic mass is 10.1. The number of para-hydroxylation sites is 1. The van der Waals surface area contributed by atoms with E-state index in [-0.39, 0.29) is 0 Å². The Morgan fingerprint density at radius 3 is 2.53 bits per heavy atom. The minimum absolute atomic E-state index is 0.396. The lowest BCUT2D eigenvalue weighted by molar-refractivity contribution is 0.166. The predicted octanol–water partition coefficient (Wildman–Crippen LogP) is 4.36. The minimum atomic E-state index is -0.498. The molecule has 0 bridgehead atoms. The van der Waals surface area contributed by atoms with E-state index < -0.39 is 6.10 Å². The van der Waals surface area contributed by atoms with Gasteiger partial charge >= 0.3 is 0 Å². The smallest absolute Gasteiger partial charge is 0.125 e. The largest absolute Gasteiger partial charge is 0.488 e. The van der Waals surface area contributed by atoms with Crippen LogP contribution in [0.15, 0.2) is 48.5 Å². The second-order valence-corrected chi connectivity index (χ2v) is 4.75. The number of benzene rings is 2. The summed E-state index contributed by atoms with van der Waals surface area (Å²) >= 11 is 6.09. The Morgan fingerprint density at radius 1 is 1.11 bits per heavy atom. The van der Waals surface area contributed by atoms with Crippen LogP contribution in [0.3, 0.4) is 0 Å². The zero-order valence-corrected chi connectivity index (χ0v) is 11.6. The van der Waals surface area contributed by atoms with Gasteiger partial charge in [-0.25, -0.2) is 0 Å². The van der Waals surface area contributed by atoms with Crippen molar-refractivity contribution < 1.29 is 9.84 Å². The first-order chi connectivity index (χ1) is 9.22. The summed E-state index contributed by atoms with van der Waals surface area (Å²) in [6, 6.07) is 15.1. The van der Waals surface area contributed by atoms with E-state index in [2.05, 4.69) is 0 Å². The molecule has 0 saturated carbocycles. The third-order valence-electron chi connectivity index (χ3n) is 3.01. The van der Waals surface area contributed by atoms with Gasteiger partial charge in [-0.3, -0.25) is 0 Å². The van der Waals surface area contributed by atoms with Gasteiger partial charge in [0.15, 0.2) is 0 Å². The third-order valence-corrected chi connectivity index (χ3v) is 3.37. The zero-order valence-electron chi connectivity index (χ0n) is 10.8. The van der Waals surface area contributed by atoms with Gasteiger partial charge in [-0.1, -0.05) is 54.9 Å². The van der Waals surface area contributed by atoms with Crippen LogP contribution in [0.2, 0.25) is 5.02 Å². The highest BCUT2D eigenvalue weighted by Crippen LogP contribution is 2.28. The van der Waals surface area contributed by atoms with E-state index in [4.69, 9.17) is 16.3 Å². The highest BCUT2D eigenvalue weighted by molar-refractivity contribution is 6.31. The van der Waals surface area contributed by atoms with Crippen molar-refractivity contribution in [3.8, 4) is 5.75 Å². The van der Waals surface area contributed by atoms with Crippen LogP contribution in [0.4, 0.5) is 0 Å². The molecule has 2 aromatic rings. The summed E-state index contributed by atoms with van der Waals surface area (Å²) in [6.45, 7) is 2.34. The molecular formula is C16H17ClO2. The first-order valence-corrected chi connectivity index (χ1v) is 6.73. The standard InChI is InChI=1S/C16H17ClO2/c1-2-15(18)13-8-4-6-10-16(13)19-11-12-7-3-5-9-14(12)17/h3-10,15,18H,2,11H2,1H3. The van der Waals surface area contributed by atoms with E-state index >= 15 is 0 Å². The van der Waals surface area contributed by atoms with E-state index in [9.17, 15) is 5.11 Å². The molecule has 0 saturated heterocycles. The van der Waals surface area contributed by atoms with Crippen LogP contribution in [0.25, 0.3) is 0 Å². The van der Waals surface area contributed by atoms with Crippen molar-refractivity contribution in [2.75, 3.05) is 0 Å². The van der Waals surface area contributed by atoms with Gasteiger partial charge in [0.05, 0.1) is 6.10 Å². The number of ether oxygens (including phenoxy) is 1. The van der Waals surface area contributed by atoms with Crippen molar-refractivity contribution in [3.05, 3.63) is 64.7 Å². The second-order valence-electron chi connectivity index (χ2n) is 4.34. The molecule has 2 rings (SSSR count). The monoisotopic (exact) mass is 276 g/mol. The molecule has 1 atom stereocenters. The molecule has 2 nitrogen and oxygen atoms in total. The molecular weight excluding hydrogens is 260 g/mol. The van der Waals surface area contributed by atoms with Gasteiger partial charge in [-0.2, -0.15) is 0 Å². The van der Waals surface area contributed by atoms with Crippen LogP contribution in [0.1, 0.15) is 30.6 Å². The van der Waals surface area contributed by atoms with Crippen LogP contribution in [0.5, 0.6) is 5.75 Å². The van der Waals surface area contributed by atoms with Gasteiger partial charge in [0, 0.05) is 16.1 Å². The average molecular weight is 277 g/mol. The van der Waals surface area contributed by atoms with Crippen LogP contribution < -0.4 is 4.74 Å².